The lowest BCUT2D eigenvalue weighted by Crippen LogP contribution is -2.23. The Morgan fingerprint density at radius 3 is 2.58 bits per heavy atom. The van der Waals surface area contributed by atoms with E-state index in [1.165, 1.54) is 0 Å². The largest absolute Gasteiger partial charge is 0.496 e. The first-order valence-corrected chi connectivity index (χ1v) is 9.25. The SMILES string of the molecule is CCNC(=O)c1ccc(C)c(NC(=O)CCc2ccc(OC)c(Br)c2)c1. The average molecular weight is 419 g/mol. The maximum Gasteiger partial charge on any atom is 0.251 e. The van der Waals surface area contributed by atoms with Gasteiger partial charge in [-0.15, -0.1) is 0 Å². The molecule has 26 heavy (non-hydrogen) atoms. The lowest BCUT2D eigenvalue weighted by molar-refractivity contribution is -0.116. The Balaban J connectivity index is 2.00. The number of ether oxygens (including phenoxy) is 1. The Morgan fingerprint density at radius 2 is 1.92 bits per heavy atom. The van der Waals surface area contributed by atoms with Crippen molar-refractivity contribution in [3.8, 4) is 5.75 Å². The first kappa shape index (κ1) is 20.0. The fourth-order valence-electron chi connectivity index (χ4n) is 2.50. The van der Waals surface area contributed by atoms with Crippen LogP contribution in [0, 0.1) is 6.92 Å². The Hall–Kier alpha value is -2.34. The van der Waals surface area contributed by atoms with Gasteiger partial charge in [-0.2, -0.15) is 0 Å². The molecule has 0 aliphatic carbocycles. The van der Waals surface area contributed by atoms with E-state index >= 15 is 0 Å². The summed E-state index contributed by atoms with van der Waals surface area (Å²) < 4.78 is 6.07. The molecule has 0 aromatic heterocycles. The maximum atomic E-state index is 12.3. The molecule has 0 unspecified atom stereocenters. The molecule has 0 saturated heterocycles. The molecule has 0 saturated carbocycles. The molecule has 0 aliphatic heterocycles. The number of halogens is 1. The number of hydrogen-bond donors (Lipinski definition) is 2. The van der Waals surface area contributed by atoms with Gasteiger partial charge < -0.3 is 15.4 Å². The summed E-state index contributed by atoms with van der Waals surface area (Å²) in [6.07, 6.45) is 0.965. The smallest absolute Gasteiger partial charge is 0.251 e. The topological polar surface area (TPSA) is 67.4 Å². The van der Waals surface area contributed by atoms with E-state index in [1.54, 1.807) is 19.2 Å². The molecule has 0 fully saturated rings. The monoisotopic (exact) mass is 418 g/mol. The minimum absolute atomic E-state index is 0.0897. The maximum absolute atomic E-state index is 12.3. The number of amides is 2. The zero-order chi connectivity index (χ0) is 19.1. The highest BCUT2D eigenvalue weighted by Crippen LogP contribution is 2.26. The van der Waals surface area contributed by atoms with Crippen molar-refractivity contribution >= 4 is 33.4 Å². The third-order valence-corrected chi connectivity index (χ3v) is 4.59. The zero-order valence-electron chi connectivity index (χ0n) is 15.2. The van der Waals surface area contributed by atoms with Crippen LogP contribution in [0.2, 0.25) is 0 Å². The number of aryl methyl sites for hydroxylation is 2. The highest BCUT2D eigenvalue weighted by molar-refractivity contribution is 9.10. The van der Waals surface area contributed by atoms with Gasteiger partial charge in [0, 0.05) is 24.2 Å². The molecular weight excluding hydrogens is 396 g/mol. The van der Waals surface area contributed by atoms with Crippen LogP contribution in [0.1, 0.15) is 34.8 Å². The van der Waals surface area contributed by atoms with Gasteiger partial charge in [-0.1, -0.05) is 12.1 Å². The first-order chi connectivity index (χ1) is 12.4. The van der Waals surface area contributed by atoms with Gasteiger partial charge in [-0.25, -0.2) is 0 Å². The number of nitrogens with one attached hydrogen (secondary N) is 2. The van der Waals surface area contributed by atoms with Gasteiger partial charge in [0.2, 0.25) is 5.91 Å². The summed E-state index contributed by atoms with van der Waals surface area (Å²) in [5.74, 6) is 0.523. The van der Waals surface area contributed by atoms with Crippen molar-refractivity contribution in [3.63, 3.8) is 0 Å². The van der Waals surface area contributed by atoms with Gasteiger partial charge in [0.15, 0.2) is 0 Å². The van der Waals surface area contributed by atoms with Gasteiger partial charge >= 0.3 is 0 Å². The van der Waals surface area contributed by atoms with E-state index < -0.39 is 0 Å². The molecule has 0 aliphatic rings. The molecule has 0 atom stereocenters. The van der Waals surface area contributed by atoms with Crippen LogP contribution in [0.4, 0.5) is 5.69 Å². The van der Waals surface area contributed by atoms with Gasteiger partial charge in [0.05, 0.1) is 11.6 Å². The average Bonchev–Trinajstić information content (AvgIpc) is 2.62. The van der Waals surface area contributed by atoms with Crippen LogP contribution in [-0.2, 0) is 11.2 Å². The van der Waals surface area contributed by atoms with Gasteiger partial charge in [0.1, 0.15) is 5.75 Å². The molecule has 0 heterocycles. The number of carbonyl (C=O) groups is 2. The quantitative estimate of drug-likeness (QED) is 0.711. The standard InChI is InChI=1S/C20H23BrN2O3/c1-4-22-20(25)15-8-5-13(2)17(12-15)23-19(24)10-7-14-6-9-18(26-3)16(21)11-14/h5-6,8-9,11-12H,4,7,10H2,1-3H3,(H,22,25)(H,23,24). The number of hydrogen-bond acceptors (Lipinski definition) is 3. The van der Waals surface area contributed by atoms with Crippen molar-refractivity contribution in [1.29, 1.82) is 0 Å². The highest BCUT2D eigenvalue weighted by Gasteiger charge is 2.10. The van der Waals surface area contributed by atoms with Crippen molar-refractivity contribution in [2.24, 2.45) is 0 Å². The van der Waals surface area contributed by atoms with E-state index in [0.29, 0.717) is 30.6 Å². The molecule has 0 bridgehead atoms. The summed E-state index contributed by atoms with van der Waals surface area (Å²) in [7, 11) is 1.62. The molecule has 0 radical (unpaired) electrons. The molecule has 2 amide bonds. The van der Waals surface area contributed by atoms with Crippen molar-refractivity contribution in [1.82, 2.24) is 5.32 Å². The lowest BCUT2D eigenvalue weighted by atomic mass is 10.1. The lowest BCUT2D eigenvalue weighted by Gasteiger charge is -2.11. The first-order valence-electron chi connectivity index (χ1n) is 8.45. The normalized spacial score (nSPS) is 10.3. The highest BCUT2D eigenvalue weighted by atomic mass is 79.9. The number of rotatable bonds is 7. The second kappa shape index (κ2) is 9.38. The number of carbonyl (C=O) groups excluding carboxylic acids is 2. The molecule has 0 spiro atoms. The van der Waals surface area contributed by atoms with Gasteiger partial charge in [-0.3, -0.25) is 9.59 Å². The second-order valence-corrected chi connectivity index (χ2v) is 6.76. The van der Waals surface area contributed by atoms with E-state index in [0.717, 1.165) is 21.3 Å². The summed E-state index contributed by atoms with van der Waals surface area (Å²) in [6, 6.07) is 11.1. The predicted octanol–water partition coefficient (Wildman–Crippen LogP) is 4.09. The van der Waals surface area contributed by atoms with Crippen LogP contribution < -0.4 is 15.4 Å². The van der Waals surface area contributed by atoms with E-state index in [2.05, 4.69) is 26.6 Å². The minimum Gasteiger partial charge on any atom is -0.496 e. The summed E-state index contributed by atoms with van der Waals surface area (Å²) in [4.78, 5) is 24.3. The molecular formula is C20H23BrN2O3. The predicted molar refractivity (Wildman–Crippen MR) is 107 cm³/mol. The molecule has 6 heteroatoms. The summed E-state index contributed by atoms with van der Waals surface area (Å²) in [5, 5.41) is 5.66. The molecule has 138 valence electrons. The van der Waals surface area contributed by atoms with Crippen LogP contribution in [0.3, 0.4) is 0 Å². The number of methoxy groups -OCH3 is 1. The van der Waals surface area contributed by atoms with Crippen LogP contribution in [0.25, 0.3) is 0 Å². The minimum atomic E-state index is -0.147. The Bertz CT molecular complexity index is 806. The molecule has 2 N–H and O–H groups in total. The summed E-state index contributed by atoms with van der Waals surface area (Å²) in [5.41, 5.74) is 3.15. The van der Waals surface area contributed by atoms with E-state index in [4.69, 9.17) is 4.74 Å². The van der Waals surface area contributed by atoms with Gasteiger partial charge in [0.25, 0.3) is 5.91 Å². The van der Waals surface area contributed by atoms with Crippen molar-refractivity contribution < 1.29 is 14.3 Å². The van der Waals surface area contributed by atoms with E-state index in [1.807, 2.05) is 38.1 Å². The summed E-state index contributed by atoms with van der Waals surface area (Å²) in [6.45, 7) is 4.33. The Labute approximate surface area is 162 Å². The molecule has 5 nitrogen and oxygen atoms in total. The Kier molecular flexibility index (Phi) is 7.21. The number of benzene rings is 2. The van der Waals surface area contributed by atoms with Crippen LogP contribution in [0.5, 0.6) is 5.75 Å². The molecule has 2 aromatic carbocycles. The third kappa shape index (κ3) is 5.33. The van der Waals surface area contributed by atoms with Crippen LogP contribution >= 0.6 is 15.9 Å². The van der Waals surface area contributed by atoms with Crippen molar-refractivity contribution in [2.75, 3.05) is 19.0 Å². The van der Waals surface area contributed by atoms with Gasteiger partial charge in [-0.05, 0) is 71.6 Å². The summed E-state index contributed by atoms with van der Waals surface area (Å²) >= 11 is 3.45. The fourth-order valence-corrected chi connectivity index (χ4v) is 3.08. The van der Waals surface area contributed by atoms with Crippen LogP contribution in [-0.4, -0.2) is 25.5 Å². The van der Waals surface area contributed by atoms with E-state index in [9.17, 15) is 9.59 Å². The Morgan fingerprint density at radius 1 is 1.15 bits per heavy atom. The molecule has 2 rings (SSSR count). The van der Waals surface area contributed by atoms with Crippen LogP contribution in [0.15, 0.2) is 40.9 Å². The van der Waals surface area contributed by atoms with Crippen molar-refractivity contribution in [2.45, 2.75) is 26.7 Å². The zero-order valence-corrected chi connectivity index (χ0v) is 16.8. The molecule has 2 aromatic rings. The number of anilines is 1. The van der Waals surface area contributed by atoms with Crippen molar-refractivity contribution in [3.05, 3.63) is 57.6 Å². The fraction of sp³-hybridized carbons (Fsp3) is 0.300. The van der Waals surface area contributed by atoms with E-state index in [-0.39, 0.29) is 11.8 Å². The third-order valence-electron chi connectivity index (χ3n) is 3.97. The second-order valence-electron chi connectivity index (χ2n) is 5.91.